The maximum atomic E-state index is 11.9. The topological polar surface area (TPSA) is 48.4 Å². The fraction of sp³-hybridized carbons (Fsp3) is 0.182. The van der Waals surface area contributed by atoms with Gasteiger partial charge in [0.1, 0.15) is 12.4 Å². The Kier molecular flexibility index (Phi) is 5.64. The highest BCUT2D eigenvalue weighted by molar-refractivity contribution is 5.90. The number of aryl methyl sites for hydroxylation is 1. The summed E-state index contributed by atoms with van der Waals surface area (Å²) in [6.07, 6.45) is 0. The molecular weight excluding hydrogens is 326 g/mol. The second kappa shape index (κ2) is 8.30. The first-order valence-electron chi connectivity index (χ1n) is 8.59. The van der Waals surface area contributed by atoms with Crippen LogP contribution in [-0.4, -0.2) is 17.6 Å². The van der Waals surface area contributed by atoms with Gasteiger partial charge in [-0.1, -0.05) is 30.3 Å². The number of carbonyl (C=O) groups is 1. The van der Waals surface area contributed by atoms with E-state index in [9.17, 15) is 4.79 Å². The number of nitrogens with zero attached hydrogens (tertiary/aromatic N) is 1. The first kappa shape index (κ1) is 17.7. The van der Waals surface area contributed by atoms with E-state index in [0.717, 1.165) is 22.6 Å². The van der Waals surface area contributed by atoms with Crippen LogP contribution in [0.4, 0.5) is 0 Å². The highest BCUT2D eigenvalue weighted by Crippen LogP contribution is 2.23. The molecule has 0 N–H and O–H groups in total. The molecule has 4 nitrogen and oxygen atoms in total. The number of ether oxygens (including phenoxy) is 2. The van der Waals surface area contributed by atoms with Crippen molar-refractivity contribution in [2.24, 2.45) is 0 Å². The number of hydrogen-bond donors (Lipinski definition) is 0. The van der Waals surface area contributed by atoms with Gasteiger partial charge in [0.2, 0.25) is 0 Å². The Hall–Kier alpha value is -3.14. The molecule has 0 atom stereocenters. The third-order valence-corrected chi connectivity index (χ3v) is 3.98. The minimum absolute atomic E-state index is 0.339. The number of benzene rings is 2. The highest BCUT2D eigenvalue weighted by atomic mass is 16.5. The first-order valence-corrected chi connectivity index (χ1v) is 8.59. The van der Waals surface area contributed by atoms with Gasteiger partial charge in [-0.15, -0.1) is 0 Å². The van der Waals surface area contributed by atoms with Gasteiger partial charge in [0, 0.05) is 5.56 Å². The average molecular weight is 347 g/mol. The molecule has 3 rings (SSSR count). The van der Waals surface area contributed by atoms with E-state index >= 15 is 0 Å². The minimum Gasteiger partial charge on any atom is -0.489 e. The maximum absolute atomic E-state index is 11.9. The quantitative estimate of drug-likeness (QED) is 0.600. The predicted octanol–water partition coefficient (Wildman–Crippen LogP) is 4.81. The number of hydrogen-bond acceptors (Lipinski definition) is 4. The number of aromatic nitrogens is 1. The summed E-state index contributed by atoms with van der Waals surface area (Å²) in [5, 5.41) is 0. The van der Waals surface area contributed by atoms with Gasteiger partial charge in [-0.3, -0.25) is 4.98 Å². The van der Waals surface area contributed by atoms with Crippen LogP contribution < -0.4 is 4.74 Å². The Balaban J connectivity index is 1.70. The SMILES string of the molecule is CCOC(=O)c1ccc(-c2ccc(OCc3ccccc3)cc2)nc1C. The lowest BCUT2D eigenvalue weighted by Crippen LogP contribution is -2.08. The number of rotatable bonds is 6. The Bertz CT molecular complexity index is 874. The lowest BCUT2D eigenvalue weighted by molar-refractivity contribution is 0.0525. The van der Waals surface area contributed by atoms with E-state index < -0.39 is 0 Å². The second-order valence-electron chi connectivity index (χ2n) is 5.85. The van der Waals surface area contributed by atoms with Crippen LogP contribution in [0.1, 0.15) is 28.5 Å². The van der Waals surface area contributed by atoms with Gasteiger partial charge in [-0.05, 0) is 55.8 Å². The van der Waals surface area contributed by atoms with Gasteiger partial charge in [-0.25, -0.2) is 4.79 Å². The summed E-state index contributed by atoms with van der Waals surface area (Å²) >= 11 is 0. The van der Waals surface area contributed by atoms with Gasteiger partial charge < -0.3 is 9.47 Å². The zero-order valence-electron chi connectivity index (χ0n) is 14.9. The van der Waals surface area contributed by atoms with Crippen LogP contribution in [0.5, 0.6) is 5.75 Å². The molecule has 0 aliphatic heterocycles. The van der Waals surface area contributed by atoms with Crippen molar-refractivity contribution >= 4 is 5.97 Å². The van der Waals surface area contributed by atoms with Crippen molar-refractivity contribution in [3.8, 4) is 17.0 Å². The van der Waals surface area contributed by atoms with E-state index in [1.165, 1.54) is 0 Å². The van der Waals surface area contributed by atoms with Gasteiger partial charge in [0.05, 0.1) is 23.6 Å². The third kappa shape index (κ3) is 4.28. The first-order chi connectivity index (χ1) is 12.7. The lowest BCUT2D eigenvalue weighted by Gasteiger charge is -2.09. The molecule has 0 unspecified atom stereocenters. The Labute approximate surface area is 153 Å². The van der Waals surface area contributed by atoms with E-state index in [0.29, 0.717) is 24.5 Å². The fourth-order valence-electron chi connectivity index (χ4n) is 2.61. The minimum atomic E-state index is -0.339. The summed E-state index contributed by atoms with van der Waals surface area (Å²) in [5.41, 5.74) is 4.06. The molecule has 0 fully saturated rings. The van der Waals surface area contributed by atoms with Crippen LogP contribution in [0.15, 0.2) is 66.7 Å². The van der Waals surface area contributed by atoms with Crippen LogP contribution in [0.3, 0.4) is 0 Å². The summed E-state index contributed by atoms with van der Waals surface area (Å²) in [6, 6.07) is 21.4. The monoisotopic (exact) mass is 347 g/mol. The zero-order chi connectivity index (χ0) is 18.4. The van der Waals surface area contributed by atoms with Crippen LogP contribution in [0, 0.1) is 6.92 Å². The summed E-state index contributed by atoms with van der Waals surface area (Å²) in [6.45, 7) is 4.49. The van der Waals surface area contributed by atoms with Crippen molar-refractivity contribution in [3.63, 3.8) is 0 Å². The highest BCUT2D eigenvalue weighted by Gasteiger charge is 2.12. The van der Waals surface area contributed by atoms with Gasteiger partial charge >= 0.3 is 5.97 Å². The summed E-state index contributed by atoms with van der Waals surface area (Å²) in [4.78, 5) is 16.4. The molecule has 26 heavy (non-hydrogen) atoms. The molecule has 1 aromatic heterocycles. The molecule has 0 saturated carbocycles. The van der Waals surface area contributed by atoms with Crippen LogP contribution in [0.25, 0.3) is 11.3 Å². The Morgan fingerprint density at radius 3 is 2.35 bits per heavy atom. The van der Waals surface area contributed by atoms with E-state index in [-0.39, 0.29) is 5.97 Å². The van der Waals surface area contributed by atoms with Gasteiger partial charge in [-0.2, -0.15) is 0 Å². The molecule has 3 aromatic rings. The molecule has 0 spiro atoms. The Morgan fingerprint density at radius 1 is 0.962 bits per heavy atom. The number of pyridine rings is 1. The molecule has 0 amide bonds. The number of carbonyl (C=O) groups excluding carboxylic acids is 1. The molecule has 0 bridgehead atoms. The van der Waals surface area contributed by atoms with Crippen molar-refractivity contribution in [1.82, 2.24) is 4.98 Å². The van der Waals surface area contributed by atoms with Crippen molar-refractivity contribution < 1.29 is 14.3 Å². The normalized spacial score (nSPS) is 10.4. The number of esters is 1. The van der Waals surface area contributed by atoms with Gasteiger partial charge in [0.25, 0.3) is 0 Å². The molecule has 0 radical (unpaired) electrons. The molecule has 0 aliphatic carbocycles. The van der Waals surface area contributed by atoms with Crippen molar-refractivity contribution in [2.75, 3.05) is 6.61 Å². The smallest absolute Gasteiger partial charge is 0.339 e. The lowest BCUT2D eigenvalue weighted by atomic mass is 10.1. The molecule has 132 valence electrons. The van der Waals surface area contributed by atoms with Crippen LogP contribution in [0.2, 0.25) is 0 Å². The molecule has 0 saturated heterocycles. The van der Waals surface area contributed by atoms with E-state index in [4.69, 9.17) is 9.47 Å². The Morgan fingerprint density at radius 2 is 1.69 bits per heavy atom. The second-order valence-corrected chi connectivity index (χ2v) is 5.85. The third-order valence-electron chi connectivity index (χ3n) is 3.98. The van der Waals surface area contributed by atoms with E-state index in [2.05, 4.69) is 4.98 Å². The predicted molar refractivity (Wildman–Crippen MR) is 101 cm³/mol. The van der Waals surface area contributed by atoms with Crippen molar-refractivity contribution in [1.29, 1.82) is 0 Å². The van der Waals surface area contributed by atoms with Gasteiger partial charge in [0.15, 0.2) is 0 Å². The van der Waals surface area contributed by atoms with E-state index in [1.807, 2.05) is 67.6 Å². The largest absolute Gasteiger partial charge is 0.489 e. The van der Waals surface area contributed by atoms with Crippen molar-refractivity contribution in [2.45, 2.75) is 20.5 Å². The standard InChI is InChI=1S/C22H21NO3/c1-3-25-22(24)20-13-14-21(23-16(20)2)18-9-11-19(12-10-18)26-15-17-7-5-4-6-8-17/h4-14H,3,15H2,1-2H3. The average Bonchev–Trinajstić information content (AvgIpc) is 2.67. The summed E-state index contributed by atoms with van der Waals surface area (Å²) < 4.78 is 10.8. The van der Waals surface area contributed by atoms with Crippen LogP contribution in [-0.2, 0) is 11.3 Å². The molecule has 4 heteroatoms. The zero-order valence-corrected chi connectivity index (χ0v) is 14.9. The molecular formula is C22H21NO3. The molecule has 2 aromatic carbocycles. The summed E-state index contributed by atoms with van der Waals surface area (Å²) in [7, 11) is 0. The van der Waals surface area contributed by atoms with Crippen LogP contribution >= 0.6 is 0 Å². The van der Waals surface area contributed by atoms with Crippen molar-refractivity contribution in [3.05, 3.63) is 83.6 Å². The maximum Gasteiger partial charge on any atom is 0.339 e. The summed E-state index contributed by atoms with van der Waals surface area (Å²) in [5.74, 6) is 0.464. The fourth-order valence-corrected chi connectivity index (χ4v) is 2.61. The molecule has 0 aliphatic rings. The van der Waals surface area contributed by atoms with E-state index in [1.54, 1.807) is 13.0 Å². The molecule has 1 heterocycles.